The Morgan fingerprint density at radius 3 is 2.59 bits per heavy atom. The number of aromatic nitrogens is 1. The standard InChI is InChI=1S/C21H17ClF3N5O2/c1-28-11-15(17(27-28)21(23,24)25)19(32)30-9-8-29-18(31)14-6-7-26-10-16(14)20(29,30)12-2-4-13(22)5-3-12/h2-7,10,15H,8-9,11H2,1H3. The molecule has 2 unspecified atom stereocenters. The minimum atomic E-state index is -4.75. The van der Waals surface area contributed by atoms with E-state index in [0.717, 1.165) is 5.01 Å². The average Bonchev–Trinajstić information content (AvgIpc) is 3.41. The lowest BCUT2D eigenvalue weighted by Gasteiger charge is -2.41. The van der Waals surface area contributed by atoms with Crippen molar-refractivity contribution in [1.82, 2.24) is 19.8 Å². The highest BCUT2D eigenvalue weighted by atomic mass is 35.5. The van der Waals surface area contributed by atoms with Gasteiger partial charge in [0.2, 0.25) is 5.91 Å². The molecule has 2 atom stereocenters. The Hall–Kier alpha value is -3.14. The molecule has 11 heteroatoms. The minimum absolute atomic E-state index is 0.0763. The van der Waals surface area contributed by atoms with Crippen molar-refractivity contribution in [2.75, 3.05) is 26.7 Å². The van der Waals surface area contributed by atoms with Gasteiger partial charge in [0.25, 0.3) is 5.91 Å². The first-order chi connectivity index (χ1) is 15.2. The first kappa shape index (κ1) is 20.7. The fraction of sp³-hybridized carbons (Fsp3) is 0.333. The van der Waals surface area contributed by atoms with Gasteiger partial charge in [-0.25, -0.2) is 0 Å². The molecular formula is C21H17ClF3N5O2. The van der Waals surface area contributed by atoms with E-state index in [0.29, 0.717) is 21.7 Å². The van der Waals surface area contributed by atoms with E-state index in [2.05, 4.69) is 10.1 Å². The SMILES string of the molecule is CN1CC(C(=O)N2CCN3C(=O)c4ccncc4C32c2ccc(Cl)cc2)C(C(F)(F)F)=N1. The second kappa shape index (κ2) is 6.93. The van der Waals surface area contributed by atoms with Gasteiger partial charge in [0.15, 0.2) is 11.4 Å². The Balaban J connectivity index is 1.68. The number of halogens is 4. The van der Waals surface area contributed by atoms with Gasteiger partial charge in [-0.1, -0.05) is 23.7 Å². The van der Waals surface area contributed by atoms with E-state index >= 15 is 0 Å². The molecule has 0 saturated carbocycles. The smallest absolute Gasteiger partial charge is 0.309 e. The largest absolute Gasteiger partial charge is 0.432 e. The Labute approximate surface area is 186 Å². The number of benzene rings is 1. The number of rotatable bonds is 2. The third-order valence-electron chi connectivity index (χ3n) is 6.16. The fourth-order valence-electron chi connectivity index (χ4n) is 4.91. The van der Waals surface area contributed by atoms with Gasteiger partial charge in [0.05, 0.1) is 12.1 Å². The summed E-state index contributed by atoms with van der Waals surface area (Å²) in [6.07, 6.45) is -1.78. The molecule has 0 radical (unpaired) electrons. The van der Waals surface area contributed by atoms with E-state index in [4.69, 9.17) is 11.6 Å². The van der Waals surface area contributed by atoms with Gasteiger partial charge in [-0.3, -0.25) is 19.6 Å². The molecule has 0 N–H and O–H groups in total. The number of hydrogen-bond donors (Lipinski definition) is 0. The molecule has 0 bridgehead atoms. The number of fused-ring (bicyclic) bond motifs is 3. The number of hydrazone groups is 1. The maximum atomic E-state index is 13.7. The maximum absolute atomic E-state index is 13.7. The van der Waals surface area contributed by atoms with E-state index in [9.17, 15) is 22.8 Å². The molecule has 4 heterocycles. The quantitative estimate of drug-likeness (QED) is 0.687. The van der Waals surface area contributed by atoms with Gasteiger partial charge in [0, 0.05) is 48.7 Å². The van der Waals surface area contributed by atoms with Crippen LogP contribution in [-0.4, -0.2) is 70.2 Å². The second-order valence-electron chi connectivity index (χ2n) is 7.92. The Morgan fingerprint density at radius 1 is 1.19 bits per heavy atom. The fourth-order valence-corrected chi connectivity index (χ4v) is 5.04. The molecule has 1 saturated heterocycles. The first-order valence-corrected chi connectivity index (χ1v) is 10.2. The van der Waals surface area contributed by atoms with Crippen LogP contribution in [0.25, 0.3) is 0 Å². The summed E-state index contributed by atoms with van der Waals surface area (Å²) < 4.78 is 40.9. The molecule has 0 aliphatic carbocycles. The summed E-state index contributed by atoms with van der Waals surface area (Å²) in [7, 11) is 1.39. The number of hydrogen-bond acceptors (Lipinski definition) is 5. The van der Waals surface area contributed by atoms with Crippen LogP contribution in [0.3, 0.4) is 0 Å². The third kappa shape index (κ3) is 2.75. The van der Waals surface area contributed by atoms with Gasteiger partial charge >= 0.3 is 6.18 Å². The maximum Gasteiger partial charge on any atom is 0.432 e. The van der Waals surface area contributed by atoms with E-state index in [1.807, 2.05) is 0 Å². The Bertz CT molecular complexity index is 1150. The Kier molecular flexibility index (Phi) is 4.49. The molecule has 2 aromatic rings. The van der Waals surface area contributed by atoms with Crippen LogP contribution in [0.5, 0.6) is 0 Å². The number of nitrogens with zero attached hydrogens (tertiary/aromatic N) is 5. The monoisotopic (exact) mass is 463 g/mol. The van der Waals surface area contributed by atoms with Crippen LogP contribution in [0.15, 0.2) is 47.8 Å². The molecule has 1 aromatic heterocycles. The third-order valence-corrected chi connectivity index (χ3v) is 6.41. The van der Waals surface area contributed by atoms with Crippen LogP contribution >= 0.6 is 11.6 Å². The summed E-state index contributed by atoms with van der Waals surface area (Å²) in [4.78, 5) is 33.9. The zero-order chi connectivity index (χ0) is 22.8. The van der Waals surface area contributed by atoms with Gasteiger partial charge < -0.3 is 9.80 Å². The van der Waals surface area contributed by atoms with Crippen molar-refractivity contribution in [3.05, 3.63) is 64.4 Å². The predicted molar refractivity (Wildman–Crippen MR) is 109 cm³/mol. The van der Waals surface area contributed by atoms with Gasteiger partial charge in [-0.15, -0.1) is 0 Å². The van der Waals surface area contributed by atoms with Crippen LogP contribution in [0, 0.1) is 5.92 Å². The zero-order valence-corrected chi connectivity index (χ0v) is 17.6. The number of carbonyl (C=O) groups is 2. The number of carbonyl (C=O) groups excluding carboxylic acids is 2. The van der Waals surface area contributed by atoms with Crippen molar-refractivity contribution in [1.29, 1.82) is 0 Å². The number of pyridine rings is 1. The zero-order valence-electron chi connectivity index (χ0n) is 16.8. The Morgan fingerprint density at radius 2 is 1.91 bits per heavy atom. The predicted octanol–water partition coefficient (Wildman–Crippen LogP) is 2.71. The van der Waals surface area contributed by atoms with Gasteiger partial charge in [-0.05, 0) is 18.2 Å². The lowest BCUT2D eigenvalue weighted by molar-refractivity contribution is -0.140. The average molecular weight is 464 g/mol. The van der Waals surface area contributed by atoms with Gasteiger partial charge in [0.1, 0.15) is 5.92 Å². The minimum Gasteiger partial charge on any atom is -0.309 e. The molecule has 3 aliphatic rings. The molecule has 1 aromatic carbocycles. The summed E-state index contributed by atoms with van der Waals surface area (Å²) in [6.45, 7) is 0.0462. The lowest BCUT2D eigenvalue weighted by Crippen LogP contribution is -2.55. The molecule has 2 amide bonds. The summed E-state index contributed by atoms with van der Waals surface area (Å²) in [6, 6.07) is 8.15. The van der Waals surface area contributed by atoms with E-state index in [-0.39, 0.29) is 25.5 Å². The lowest BCUT2D eigenvalue weighted by atomic mass is 9.89. The topological polar surface area (TPSA) is 69.1 Å². The van der Waals surface area contributed by atoms with Crippen LogP contribution in [-0.2, 0) is 10.5 Å². The van der Waals surface area contributed by atoms with E-state index < -0.39 is 29.4 Å². The summed E-state index contributed by atoms with van der Waals surface area (Å²) >= 11 is 6.06. The van der Waals surface area contributed by atoms with Crippen molar-refractivity contribution in [2.45, 2.75) is 11.8 Å². The van der Waals surface area contributed by atoms with Crippen LogP contribution < -0.4 is 0 Å². The molecular weight excluding hydrogens is 447 g/mol. The van der Waals surface area contributed by atoms with Crippen LogP contribution in [0.1, 0.15) is 21.5 Å². The van der Waals surface area contributed by atoms with Gasteiger partial charge in [-0.2, -0.15) is 18.3 Å². The van der Waals surface area contributed by atoms with E-state index in [1.54, 1.807) is 30.3 Å². The van der Waals surface area contributed by atoms with E-state index in [1.165, 1.54) is 29.2 Å². The normalized spacial score (nSPS) is 24.7. The second-order valence-corrected chi connectivity index (χ2v) is 8.36. The summed E-state index contributed by atoms with van der Waals surface area (Å²) in [5, 5.41) is 5.12. The summed E-state index contributed by atoms with van der Waals surface area (Å²) in [5.41, 5.74) is -1.17. The van der Waals surface area contributed by atoms with Crippen LogP contribution in [0.4, 0.5) is 13.2 Å². The molecule has 166 valence electrons. The molecule has 7 nitrogen and oxygen atoms in total. The van der Waals surface area contributed by atoms with Crippen LogP contribution in [0.2, 0.25) is 5.02 Å². The highest BCUT2D eigenvalue weighted by molar-refractivity contribution is 6.30. The molecule has 0 spiro atoms. The van der Waals surface area contributed by atoms with Crippen molar-refractivity contribution in [2.24, 2.45) is 11.0 Å². The number of amides is 2. The van der Waals surface area contributed by atoms with Crippen molar-refractivity contribution in [3.63, 3.8) is 0 Å². The molecule has 5 rings (SSSR count). The first-order valence-electron chi connectivity index (χ1n) is 9.86. The highest BCUT2D eigenvalue weighted by Crippen LogP contribution is 2.50. The molecule has 32 heavy (non-hydrogen) atoms. The number of alkyl halides is 3. The highest BCUT2D eigenvalue weighted by Gasteiger charge is 2.62. The molecule has 1 fully saturated rings. The van der Waals surface area contributed by atoms with Crippen molar-refractivity contribution >= 4 is 29.1 Å². The summed E-state index contributed by atoms with van der Waals surface area (Å²) in [5.74, 6) is -2.55. The van der Waals surface area contributed by atoms with Crippen molar-refractivity contribution < 1.29 is 22.8 Å². The van der Waals surface area contributed by atoms with Crippen molar-refractivity contribution in [3.8, 4) is 0 Å². The molecule has 3 aliphatic heterocycles.